The van der Waals surface area contributed by atoms with Crippen molar-refractivity contribution in [3.63, 3.8) is 0 Å². The molecule has 0 amide bonds. The maximum absolute atomic E-state index is 7.09. The number of benzene rings is 7. The molecular formula is C57H53NO. The fraction of sp³-hybridized carbons (Fsp3) is 0.263. The van der Waals surface area contributed by atoms with E-state index in [1.165, 1.54) is 110 Å². The molecule has 7 aromatic carbocycles. The van der Waals surface area contributed by atoms with E-state index in [9.17, 15) is 0 Å². The molecule has 3 aliphatic rings. The monoisotopic (exact) mass is 767 g/mol. The summed E-state index contributed by atoms with van der Waals surface area (Å²) in [6.07, 6.45) is 6.25. The zero-order valence-corrected chi connectivity index (χ0v) is 35.3. The molecule has 11 rings (SSSR count). The van der Waals surface area contributed by atoms with Gasteiger partial charge < -0.3 is 9.32 Å². The highest BCUT2D eigenvalue weighted by molar-refractivity contribution is 6.12. The van der Waals surface area contributed by atoms with Gasteiger partial charge in [0.15, 0.2) is 0 Å². The zero-order valence-electron chi connectivity index (χ0n) is 35.3. The summed E-state index contributed by atoms with van der Waals surface area (Å²) in [5, 5.41) is 2.39. The molecule has 2 nitrogen and oxygen atoms in total. The SMILES string of the molecule is CC(C)c1cc(C(C)C)c2oc3c(-c4ccccc4N(c4ccc5c(c4)C(C)(C)c4ccccc4-5)c4ccc5c(c4)C4(CCCCC4)c4ccccc4-5)cccc3c2c1. The Morgan fingerprint density at radius 3 is 1.78 bits per heavy atom. The predicted octanol–water partition coefficient (Wildman–Crippen LogP) is 16.5. The molecule has 3 aliphatic carbocycles. The molecule has 0 atom stereocenters. The van der Waals surface area contributed by atoms with Gasteiger partial charge in [-0.3, -0.25) is 0 Å². The number of hydrogen-bond acceptors (Lipinski definition) is 2. The van der Waals surface area contributed by atoms with Crippen molar-refractivity contribution in [1.82, 2.24) is 0 Å². The lowest BCUT2D eigenvalue weighted by Crippen LogP contribution is -2.28. The van der Waals surface area contributed by atoms with Crippen LogP contribution in [0.5, 0.6) is 0 Å². The van der Waals surface area contributed by atoms with Crippen molar-refractivity contribution < 1.29 is 4.42 Å². The van der Waals surface area contributed by atoms with E-state index in [1.54, 1.807) is 0 Å². The lowest BCUT2D eigenvalue weighted by Gasteiger charge is -2.37. The molecule has 1 spiro atoms. The Morgan fingerprint density at radius 2 is 1.07 bits per heavy atom. The van der Waals surface area contributed by atoms with Crippen molar-refractivity contribution in [1.29, 1.82) is 0 Å². The molecular weight excluding hydrogens is 715 g/mol. The average molecular weight is 768 g/mol. The van der Waals surface area contributed by atoms with Crippen LogP contribution in [0.15, 0.2) is 144 Å². The molecule has 0 aliphatic heterocycles. The number of anilines is 3. The minimum atomic E-state index is -0.123. The molecule has 1 fully saturated rings. The largest absolute Gasteiger partial charge is 0.455 e. The van der Waals surface area contributed by atoms with E-state index in [-0.39, 0.29) is 10.8 Å². The van der Waals surface area contributed by atoms with Gasteiger partial charge in [0.1, 0.15) is 11.2 Å². The van der Waals surface area contributed by atoms with Crippen LogP contribution in [-0.2, 0) is 10.8 Å². The number of para-hydroxylation sites is 2. The standard InChI is InChI=1S/C57H53NO/c1-35(2)37-31-47(36(3)4)55-48(32-37)46-21-16-20-45(54(46)59-55)44-19-10-13-24-53(44)58(38-25-27-42-40-17-8-11-22-49(40)56(5,6)51(42)33-38)39-26-28-43-41-18-9-12-23-50(41)57(52(43)34-39)29-14-7-15-30-57/h8-13,16-28,31-36H,7,14-15,29-30H2,1-6H3. The summed E-state index contributed by atoms with van der Waals surface area (Å²) in [6.45, 7) is 13.9. The highest BCUT2D eigenvalue weighted by Crippen LogP contribution is 2.58. The van der Waals surface area contributed by atoms with Gasteiger partial charge >= 0.3 is 0 Å². The number of furan rings is 1. The van der Waals surface area contributed by atoms with E-state index in [2.05, 4.69) is 186 Å². The summed E-state index contributed by atoms with van der Waals surface area (Å²) in [7, 11) is 0. The van der Waals surface area contributed by atoms with Gasteiger partial charge in [-0.2, -0.15) is 0 Å². The first kappa shape index (κ1) is 36.2. The minimum Gasteiger partial charge on any atom is -0.455 e. The van der Waals surface area contributed by atoms with Crippen LogP contribution in [0, 0.1) is 0 Å². The predicted molar refractivity (Wildman–Crippen MR) is 249 cm³/mol. The molecule has 59 heavy (non-hydrogen) atoms. The quantitative estimate of drug-likeness (QED) is 0.168. The molecule has 0 unspecified atom stereocenters. The summed E-state index contributed by atoms with van der Waals surface area (Å²) >= 11 is 0. The van der Waals surface area contributed by atoms with Gasteiger partial charge in [0.25, 0.3) is 0 Å². The third-order valence-corrected chi connectivity index (χ3v) is 14.4. The Kier molecular flexibility index (Phi) is 8.19. The first-order valence-corrected chi connectivity index (χ1v) is 22.0. The first-order chi connectivity index (χ1) is 28.7. The summed E-state index contributed by atoms with van der Waals surface area (Å²) in [5.74, 6) is 0.772. The smallest absolute Gasteiger partial charge is 0.143 e. The van der Waals surface area contributed by atoms with Crippen molar-refractivity contribution in [3.8, 4) is 33.4 Å². The van der Waals surface area contributed by atoms with Gasteiger partial charge in [0.2, 0.25) is 0 Å². The molecule has 8 aromatic rings. The summed E-state index contributed by atoms with van der Waals surface area (Å²) < 4.78 is 7.09. The molecule has 0 radical (unpaired) electrons. The molecule has 0 bridgehead atoms. The normalized spacial score (nSPS) is 15.9. The van der Waals surface area contributed by atoms with E-state index < -0.39 is 0 Å². The minimum absolute atomic E-state index is 0.0514. The Balaban J connectivity index is 1.16. The fourth-order valence-electron chi connectivity index (χ4n) is 11.4. The van der Waals surface area contributed by atoms with Crippen molar-refractivity contribution in [2.75, 3.05) is 4.90 Å². The maximum Gasteiger partial charge on any atom is 0.143 e. The lowest BCUT2D eigenvalue weighted by atomic mass is 9.68. The second kappa shape index (κ2) is 13.3. The summed E-state index contributed by atoms with van der Waals surface area (Å²) in [6, 6.07) is 53.3. The third kappa shape index (κ3) is 5.31. The molecule has 0 saturated heterocycles. The molecule has 1 aromatic heterocycles. The highest BCUT2D eigenvalue weighted by Gasteiger charge is 2.44. The van der Waals surface area contributed by atoms with E-state index in [4.69, 9.17) is 4.42 Å². The van der Waals surface area contributed by atoms with E-state index in [0.29, 0.717) is 11.8 Å². The number of fused-ring (bicyclic) bond motifs is 11. The van der Waals surface area contributed by atoms with E-state index in [1.807, 2.05) is 0 Å². The molecule has 0 N–H and O–H groups in total. The second-order valence-corrected chi connectivity index (χ2v) is 18.8. The Morgan fingerprint density at radius 1 is 0.475 bits per heavy atom. The van der Waals surface area contributed by atoms with Gasteiger partial charge in [-0.1, -0.05) is 164 Å². The molecule has 292 valence electrons. The van der Waals surface area contributed by atoms with E-state index in [0.717, 1.165) is 28.0 Å². The molecule has 1 heterocycles. The molecule has 1 saturated carbocycles. The van der Waals surface area contributed by atoms with Gasteiger partial charge in [-0.15, -0.1) is 0 Å². The van der Waals surface area contributed by atoms with Crippen molar-refractivity contribution in [2.45, 2.75) is 96.3 Å². The number of nitrogens with zero attached hydrogens (tertiary/aromatic N) is 1. The Hall–Kier alpha value is -5.86. The van der Waals surface area contributed by atoms with Crippen molar-refractivity contribution in [3.05, 3.63) is 173 Å². The highest BCUT2D eigenvalue weighted by atomic mass is 16.3. The van der Waals surface area contributed by atoms with Crippen LogP contribution in [0.4, 0.5) is 17.1 Å². The third-order valence-electron chi connectivity index (χ3n) is 14.4. The molecule has 2 heteroatoms. The van der Waals surface area contributed by atoms with Gasteiger partial charge in [0, 0.05) is 44.1 Å². The van der Waals surface area contributed by atoms with Crippen LogP contribution in [0.2, 0.25) is 0 Å². The number of rotatable bonds is 6. The van der Waals surface area contributed by atoms with Crippen LogP contribution in [0.3, 0.4) is 0 Å². The average Bonchev–Trinajstić information content (AvgIpc) is 3.84. The van der Waals surface area contributed by atoms with Crippen molar-refractivity contribution >= 4 is 39.0 Å². The van der Waals surface area contributed by atoms with Gasteiger partial charge in [0.05, 0.1) is 5.69 Å². The Bertz CT molecular complexity index is 2970. The van der Waals surface area contributed by atoms with Crippen LogP contribution in [0.1, 0.15) is 119 Å². The summed E-state index contributed by atoms with van der Waals surface area (Å²) in [4.78, 5) is 2.55. The van der Waals surface area contributed by atoms with Crippen molar-refractivity contribution in [2.24, 2.45) is 0 Å². The number of hydrogen-bond donors (Lipinski definition) is 0. The van der Waals surface area contributed by atoms with Crippen LogP contribution < -0.4 is 4.90 Å². The lowest BCUT2D eigenvalue weighted by molar-refractivity contribution is 0.353. The van der Waals surface area contributed by atoms with Crippen LogP contribution >= 0.6 is 0 Å². The van der Waals surface area contributed by atoms with Crippen LogP contribution in [0.25, 0.3) is 55.3 Å². The zero-order chi connectivity index (χ0) is 40.2. The Labute approximate surface area is 349 Å². The fourth-order valence-corrected chi connectivity index (χ4v) is 11.4. The topological polar surface area (TPSA) is 16.4 Å². The first-order valence-electron chi connectivity index (χ1n) is 22.0. The maximum atomic E-state index is 7.09. The van der Waals surface area contributed by atoms with Crippen LogP contribution in [-0.4, -0.2) is 0 Å². The van der Waals surface area contributed by atoms with E-state index >= 15 is 0 Å². The summed E-state index contributed by atoms with van der Waals surface area (Å²) in [5.41, 5.74) is 21.6. The second-order valence-electron chi connectivity index (χ2n) is 18.8. The van der Waals surface area contributed by atoms with Gasteiger partial charge in [-0.25, -0.2) is 0 Å². The van der Waals surface area contributed by atoms with Gasteiger partial charge in [-0.05, 0) is 117 Å².